The Kier molecular flexibility index (Phi) is 3.32. The first-order valence-corrected chi connectivity index (χ1v) is 6.88. The number of hydrogen-bond donors (Lipinski definition) is 2. The Balaban J connectivity index is 1.66. The largest absolute Gasteiger partial charge is 0.347 e. The summed E-state index contributed by atoms with van der Waals surface area (Å²) in [5, 5.41) is 3.32. The van der Waals surface area contributed by atoms with Gasteiger partial charge in [0.25, 0.3) is 0 Å². The van der Waals surface area contributed by atoms with Crippen LogP contribution in [0.1, 0.15) is 37.1 Å². The van der Waals surface area contributed by atoms with Crippen molar-refractivity contribution in [3.8, 4) is 0 Å². The maximum absolute atomic E-state index is 12.5. The first kappa shape index (κ1) is 11.7. The van der Waals surface area contributed by atoms with E-state index in [4.69, 9.17) is 0 Å². The van der Waals surface area contributed by atoms with Crippen molar-refractivity contribution < 1.29 is 4.79 Å². The van der Waals surface area contributed by atoms with E-state index in [2.05, 4.69) is 15.3 Å². The van der Waals surface area contributed by atoms with Gasteiger partial charge in [0, 0.05) is 26.1 Å². The molecule has 0 bridgehead atoms. The lowest BCUT2D eigenvalue weighted by Gasteiger charge is -2.28. The monoisotopic (exact) mass is 248 g/mol. The van der Waals surface area contributed by atoms with Gasteiger partial charge in [-0.05, 0) is 12.8 Å². The van der Waals surface area contributed by atoms with Crippen molar-refractivity contribution in [1.29, 1.82) is 0 Å². The highest BCUT2D eigenvalue weighted by molar-refractivity contribution is 5.82. The number of nitrogens with one attached hydrogen (secondary N) is 2. The van der Waals surface area contributed by atoms with Crippen molar-refractivity contribution in [2.45, 2.75) is 44.7 Å². The third-order valence-corrected chi connectivity index (χ3v) is 3.95. The third-order valence-electron chi connectivity index (χ3n) is 3.95. The minimum absolute atomic E-state index is 0.0844. The summed E-state index contributed by atoms with van der Waals surface area (Å²) < 4.78 is 0. The highest BCUT2D eigenvalue weighted by atomic mass is 16.2. The smallest absolute Gasteiger partial charge is 0.240 e. The normalized spacial score (nSPS) is 24.4. The molecule has 1 fully saturated rings. The molecule has 1 aromatic heterocycles. The Morgan fingerprint density at radius 1 is 1.28 bits per heavy atom. The number of aromatic amines is 1. The van der Waals surface area contributed by atoms with Crippen LogP contribution in [0.2, 0.25) is 0 Å². The summed E-state index contributed by atoms with van der Waals surface area (Å²) in [5.41, 5.74) is 2.16. The van der Waals surface area contributed by atoms with E-state index in [-0.39, 0.29) is 11.9 Å². The molecule has 1 amide bonds. The average Bonchev–Trinajstić information content (AvgIpc) is 2.69. The van der Waals surface area contributed by atoms with Crippen molar-refractivity contribution in [2.75, 3.05) is 13.1 Å². The van der Waals surface area contributed by atoms with E-state index in [1.807, 2.05) is 4.90 Å². The van der Waals surface area contributed by atoms with E-state index in [0.29, 0.717) is 6.42 Å². The van der Waals surface area contributed by atoms with E-state index in [1.165, 1.54) is 12.8 Å². The summed E-state index contributed by atoms with van der Waals surface area (Å²) in [4.78, 5) is 21.9. The molecule has 98 valence electrons. The number of fused-ring (bicyclic) bond motifs is 1. The minimum atomic E-state index is -0.0844. The summed E-state index contributed by atoms with van der Waals surface area (Å²) in [6, 6.07) is -0.0844. The molecule has 1 atom stereocenters. The van der Waals surface area contributed by atoms with E-state index >= 15 is 0 Å². The number of imidazole rings is 1. The number of aromatic nitrogens is 2. The molecule has 0 radical (unpaired) electrons. The minimum Gasteiger partial charge on any atom is -0.347 e. The van der Waals surface area contributed by atoms with Gasteiger partial charge in [-0.1, -0.05) is 12.8 Å². The first-order chi connectivity index (χ1) is 8.84. The quantitative estimate of drug-likeness (QED) is 0.773. The first-order valence-electron chi connectivity index (χ1n) is 6.88. The van der Waals surface area contributed by atoms with Crippen LogP contribution in [0, 0.1) is 0 Å². The maximum Gasteiger partial charge on any atom is 0.240 e. The molecular formula is C13H20N4O. The summed E-state index contributed by atoms with van der Waals surface area (Å²) >= 11 is 0. The molecular weight excluding hydrogens is 228 g/mol. The fourth-order valence-electron chi connectivity index (χ4n) is 2.86. The fraction of sp³-hybridized carbons (Fsp3) is 0.692. The number of H-pyrrole nitrogens is 1. The number of nitrogens with zero attached hydrogens (tertiary/aromatic N) is 2. The molecule has 2 aliphatic heterocycles. The van der Waals surface area contributed by atoms with E-state index in [1.54, 1.807) is 6.33 Å². The van der Waals surface area contributed by atoms with Gasteiger partial charge in [0.05, 0.1) is 23.8 Å². The molecule has 2 N–H and O–H groups in total. The number of likely N-dealkylation sites (tertiary alicyclic amines) is 1. The van der Waals surface area contributed by atoms with Gasteiger partial charge in [0.1, 0.15) is 0 Å². The second-order valence-electron chi connectivity index (χ2n) is 5.20. The molecule has 0 spiro atoms. The van der Waals surface area contributed by atoms with Crippen molar-refractivity contribution in [3.63, 3.8) is 0 Å². The zero-order chi connectivity index (χ0) is 12.4. The Morgan fingerprint density at radius 2 is 2.06 bits per heavy atom. The van der Waals surface area contributed by atoms with Crippen LogP contribution >= 0.6 is 0 Å². The number of hydrogen-bond acceptors (Lipinski definition) is 3. The van der Waals surface area contributed by atoms with Gasteiger partial charge in [-0.25, -0.2) is 4.98 Å². The fourth-order valence-corrected chi connectivity index (χ4v) is 2.86. The highest BCUT2D eigenvalue weighted by Crippen LogP contribution is 2.16. The molecule has 18 heavy (non-hydrogen) atoms. The average molecular weight is 248 g/mol. The van der Waals surface area contributed by atoms with Gasteiger partial charge < -0.3 is 9.88 Å². The molecule has 1 unspecified atom stereocenters. The molecule has 3 heterocycles. The molecule has 2 aliphatic rings. The van der Waals surface area contributed by atoms with Crippen LogP contribution in [0.15, 0.2) is 6.33 Å². The summed E-state index contributed by atoms with van der Waals surface area (Å²) in [6.45, 7) is 2.56. The summed E-state index contributed by atoms with van der Waals surface area (Å²) in [7, 11) is 0. The van der Waals surface area contributed by atoms with Gasteiger partial charge >= 0.3 is 0 Å². The molecule has 5 nitrogen and oxygen atoms in total. The van der Waals surface area contributed by atoms with Crippen LogP contribution in [0.5, 0.6) is 0 Å². The number of amides is 1. The van der Waals surface area contributed by atoms with Crippen LogP contribution in [0.3, 0.4) is 0 Å². The van der Waals surface area contributed by atoms with Gasteiger partial charge in [0.2, 0.25) is 5.91 Å². The highest BCUT2D eigenvalue weighted by Gasteiger charge is 2.29. The molecule has 3 rings (SSSR count). The maximum atomic E-state index is 12.5. The SMILES string of the molecule is O=C(C1Cc2nc[nH]c2CN1)N1CCCCCC1. The van der Waals surface area contributed by atoms with E-state index < -0.39 is 0 Å². The van der Waals surface area contributed by atoms with Gasteiger partial charge in [-0.15, -0.1) is 0 Å². The Morgan fingerprint density at radius 3 is 2.83 bits per heavy atom. The number of rotatable bonds is 1. The van der Waals surface area contributed by atoms with Crippen LogP contribution in [-0.4, -0.2) is 39.9 Å². The zero-order valence-electron chi connectivity index (χ0n) is 10.6. The van der Waals surface area contributed by atoms with Crippen molar-refractivity contribution in [2.24, 2.45) is 0 Å². The second kappa shape index (κ2) is 5.10. The third kappa shape index (κ3) is 2.27. The molecule has 0 aromatic carbocycles. The lowest BCUT2D eigenvalue weighted by Crippen LogP contribution is -2.49. The van der Waals surface area contributed by atoms with E-state index in [9.17, 15) is 4.79 Å². The standard InChI is InChI=1S/C13H20N4O/c18-13(17-5-3-1-2-4-6-17)11-7-10-12(8-14-11)16-9-15-10/h9,11,14H,1-8H2,(H,15,16). The number of carbonyl (C=O) groups excluding carboxylic acids is 1. The molecule has 0 saturated carbocycles. The summed E-state index contributed by atoms with van der Waals surface area (Å²) in [5.74, 6) is 0.255. The lowest BCUT2D eigenvalue weighted by atomic mass is 10.0. The van der Waals surface area contributed by atoms with Gasteiger partial charge in [-0.3, -0.25) is 10.1 Å². The van der Waals surface area contributed by atoms with Gasteiger partial charge in [0.15, 0.2) is 0 Å². The predicted molar refractivity (Wildman–Crippen MR) is 68.0 cm³/mol. The summed E-state index contributed by atoms with van der Waals surface area (Å²) in [6.07, 6.45) is 7.23. The van der Waals surface area contributed by atoms with Crippen molar-refractivity contribution in [3.05, 3.63) is 17.7 Å². The topological polar surface area (TPSA) is 61.0 Å². The Hall–Kier alpha value is -1.36. The van der Waals surface area contributed by atoms with Crippen LogP contribution in [0.4, 0.5) is 0 Å². The lowest BCUT2D eigenvalue weighted by molar-refractivity contribution is -0.133. The molecule has 1 aromatic rings. The van der Waals surface area contributed by atoms with Crippen molar-refractivity contribution in [1.82, 2.24) is 20.2 Å². The molecule has 5 heteroatoms. The zero-order valence-corrected chi connectivity index (χ0v) is 10.6. The molecule has 1 saturated heterocycles. The molecule has 0 aliphatic carbocycles. The predicted octanol–water partition coefficient (Wildman–Crippen LogP) is 0.827. The van der Waals surface area contributed by atoms with Crippen LogP contribution in [0.25, 0.3) is 0 Å². The van der Waals surface area contributed by atoms with Crippen molar-refractivity contribution >= 4 is 5.91 Å². The number of carbonyl (C=O) groups is 1. The Bertz CT molecular complexity index is 420. The van der Waals surface area contributed by atoms with E-state index in [0.717, 1.165) is 43.9 Å². The Labute approximate surface area is 107 Å². The second-order valence-corrected chi connectivity index (χ2v) is 5.20. The van der Waals surface area contributed by atoms with Gasteiger partial charge in [-0.2, -0.15) is 0 Å². The van der Waals surface area contributed by atoms with Crippen LogP contribution < -0.4 is 5.32 Å². The van der Waals surface area contributed by atoms with Crippen LogP contribution in [-0.2, 0) is 17.8 Å².